The van der Waals surface area contributed by atoms with Gasteiger partial charge < -0.3 is 15.3 Å². The maximum absolute atomic E-state index is 11.8. The number of amides is 1. The van der Waals surface area contributed by atoms with E-state index in [2.05, 4.69) is 5.32 Å². The van der Waals surface area contributed by atoms with Crippen molar-refractivity contribution in [3.8, 4) is 0 Å². The van der Waals surface area contributed by atoms with Crippen molar-refractivity contribution >= 4 is 28.9 Å². The molecule has 2 aromatic rings. The number of halogens is 1. The Hall–Kier alpha value is -2.04. The summed E-state index contributed by atoms with van der Waals surface area (Å²) >= 11 is 6.15. The second kappa shape index (κ2) is 6.38. The Balaban J connectivity index is 1.86. The van der Waals surface area contributed by atoms with Crippen LogP contribution in [0.2, 0.25) is 5.02 Å². The molecular weight excluding hydrogens is 300 g/mol. The van der Waals surface area contributed by atoms with E-state index in [0.29, 0.717) is 30.1 Å². The van der Waals surface area contributed by atoms with E-state index in [-0.39, 0.29) is 5.91 Å². The largest absolute Gasteiger partial charge is 0.387 e. The van der Waals surface area contributed by atoms with Crippen LogP contribution < -0.4 is 10.2 Å². The fourth-order valence-corrected chi connectivity index (χ4v) is 2.93. The second-order valence-electron chi connectivity index (χ2n) is 5.30. The number of hydrogen-bond acceptors (Lipinski definition) is 3. The molecule has 0 aromatic heterocycles. The van der Waals surface area contributed by atoms with Crippen LogP contribution in [-0.2, 0) is 4.79 Å². The molecule has 1 amide bonds. The summed E-state index contributed by atoms with van der Waals surface area (Å²) in [5, 5.41) is 13.9. The highest BCUT2D eigenvalue weighted by molar-refractivity contribution is 6.31. The summed E-state index contributed by atoms with van der Waals surface area (Å²) in [6.45, 7) is 0.945. The van der Waals surface area contributed by atoms with E-state index >= 15 is 0 Å². The number of aliphatic hydroxyl groups excluding tert-OH is 1. The van der Waals surface area contributed by atoms with E-state index < -0.39 is 6.10 Å². The SMILES string of the molecule is O=C1CCN(CC(O)c2ccccc2Cl)c2ccccc2N1. The normalized spacial score (nSPS) is 15.7. The third kappa shape index (κ3) is 3.08. The second-order valence-corrected chi connectivity index (χ2v) is 5.71. The zero-order chi connectivity index (χ0) is 15.5. The first-order valence-electron chi connectivity index (χ1n) is 7.21. The van der Waals surface area contributed by atoms with E-state index in [1.165, 1.54) is 0 Å². The minimum atomic E-state index is -0.713. The number of benzene rings is 2. The number of aliphatic hydroxyl groups is 1. The number of β-amino-alcohol motifs (C(OH)–C–C–N with tert-alkyl or cyclic N) is 1. The van der Waals surface area contributed by atoms with Crippen molar-refractivity contribution in [2.75, 3.05) is 23.3 Å². The third-order valence-electron chi connectivity index (χ3n) is 3.79. The van der Waals surface area contributed by atoms with Crippen LogP contribution in [0.5, 0.6) is 0 Å². The van der Waals surface area contributed by atoms with Gasteiger partial charge in [0.05, 0.1) is 17.5 Å². The number of carbonyl (C=O) groups excluding carboxylic acids is 1. The van der Waals surface area contributed by atoms with Crippen molar-refractivity contribution in [1.82, 2.24) is 0 Å². The molecule has 1 aliphatic rings. The minimum Gasteiger partial charge on any atom is -0.387 e. The van der Waals surface area contributed by atoms with Crippen molar-refractivity contribution in [2.24, 2.45) is 0 Å². The molecule has 3 rings (SSSR count). The molecule has 0 spiro atoms. The molecule has 0 saturated heterocycles. The molecule has 1 unspecified atom stereocenters. The highest BCUT2D eigenvalue weighted by Gasteiger charge is 2.22. The lowest BCUT2D eigenvalue weighted by Crippen LogP contribution is -2.29. The molecular formula is C17H17ClN2O2. The summed E-state index contributed by atoms with van der Waals surface area (Å²) in [6, 6.07) is 14.9. The summed E-state index contributed by atoms with van der Waals surface area (Å²) in [4.78, 5) is 13.8. The lowest BCUT2D eigenvalue weighted by molar-refractivity contribution is -0.116. The molecule has 0 aliphatic carbocycles. The number of para-hydroxylation sites is 2. The summed E-state index contributed by atoms with van der Waals surface area (Å²) in [7, 11) is 0. The minimum absolute atomic E-state index is 0.0119. The van der Waals surface area contributed by atoms with E-state index in [0.717, 1.165) is 11.4 Å². The predicted octanol–water partition coefficient (Wildman–Crippen LogP) is 3.22. The van der Waals surface area contributed by atoms with Gasteiger partial charge in [-0.05, 0) is 18.2 Å². The van der Waals surface area contributed by atoms with Crippen molar-refractivity contribution in [1.29, 1.82) is 0 Å². The first kappa shape index (κ1) is 14.9. The van der Waals surface area contributed by atoms with E-state index in [9.17, 15) is 9.90 Å². The molecule has 1 atom stereocenters. The van der Waals surface area contributed by atoms with Crippen LogP contribution in [-0.4, -0.2) is 24.1 Å². The average Bonchev–Trinajstić information content (AvgIpc) is 2.67. The number of carbonyl (C=O) groups is 1. The highest BCUT2D eigenvalue weighted by Crippen LogP contribution is 2.31. The Bertz CT molecular complexity index is 690. The molecule has 4 nitrogen and oxygen atoms in total. The molecule has 1 aliphatic heterocycles. The molecule has 2 N–H and O–H groups in total. The van der Waals surface area contributed by atoms with Crippen molar-refractivity contribution in [2.45, 2.75) is 12.5 Å². The number of nitrogens with zero attached hydrogens (tertiary/aromatic N) is 1. The molecule has 114 valence electrons. The van der Waals surface area contributed by atoms with Crippen molar-refractivity contribution < 1.29 is 9.90 Å². The van der Waals surface area contributed by atoms with Gasteiger partial charge in [0.1, 0.15) is 0 Å². The first-order valence-corrected chi connectivity index (χ1v) is 7.59. The maximum Gasteiger partial charge on any atom is 0.226 e. The Morgan fingerprint density at radius 3 is 2.73 bits per heavy atom. The molecule has 0 bridgehead atoms. The van der Waals surface area contributed by atoms with Gasteiger partial charge in [-0.3, -0.25) is 4.79 Å². The Labute approximate surface area is 134 Å². The van der Waals surface area contributed by atoms with Crippen LogP contribution in [0.3, 0.4) is 0 Å². The van der Waals surface area contributed by atoms with Gasteiger partial charge in [-0.2, -0.15) is 0 Å². The van der Waals surface area contributed by atoms with Crippen LogP contribution in [0, 0.1) is 0 Å². The quantitative estimate of drug-likeness (QED) is 0.914. The predicted molar refractivity (Wildman–Crippen MR) is 88.3 cm³/mol. The van der Waals surface area contributed by atoms with Crippen LogP contribution in [0.4, 0.5) is 11.4 Å². The number of fused-ring (bicyclic) bond motifs is 1. The molecule has 0 fully saturated rings. The van der Waals surface area contributed by atoms with Gasteiger partial charge in [0.15, 0.2) is 0 Å². The summed E-state index contributed by atoms with van der Waals surface area (Å²) in [5.74, 6) is -0.0119. The van der Waals surface area contributed by atoms with Gasteiger partial charge in [0, 0.05) is 30.1 Å². The average molecular weight is 317 g/mol. The van der Waals surface area contributed by atoms with E-state index in [1.807, 2.05) is 47.4 Å². The van der Waals surface area contributed by atoms with Crippen LogP contribution in [0.25, 0.3) is 0 Å². The Kier molecular flexibility index (Phi) is 4.32. The standard InChI is InChI=1S/C17H17ClN2O2/c18-13-6-2-1-5-12(13)16(21)11-20-10-9-17(22)19-14-7-3-4-8-15(14)20/h1-8,16,21H,9-11H2,(H,19,22). The summed E-state index contributed by atoms with van der Waals surface area (Å²) in [6.07, 6.45) is -0.320. The number of anilines is 2. The number of hydrogen-bond donors (Lipinski definition) is 2. The molecule has 0 saturated carbocycles. The summed E-state index contributed by atoms with van der Waals surface area (Å²) in [5.41, 5.74) is 2.39. The lowest BCUT2D eigenvalue weighted by atomic mass is 10.1. The van der Waals surface area contributed by atoms with Crippen molar-refractivity contribution in [3.63, 3.8) is 0 Å². The topological polar surface area (TPSA) is 52.6 Å². The zero-order valence-electron chi connectivity index (χ0n) is 12.0. The Morgan fingerprint density at radius 2 is 1.91 bits per heavy atom. The van der Waals surface area contributed by atoms with Gasteiger partial charge in [0.2, 0.25) is 5.91 Å². The molecule has 5 heteroatoms. The monoisotopic (exact) mass is 316 g/mol. The molecule has 0 radical (unpaired) electrons. The van der Waals surface area contributed by atoms with Gasteiger partial charge in [0.25, 0.3) is 0 Å². The van der Waals surface area contributed by atoms with Crippen LogP contribution >= 0.6 is 11.6 Å². The van der Waals surface area contributed by atoms with Crippen molar-refractivity contribution in [3.05, 3.63) is 59.1 Å². The summed E-state index contributed by atoms with van der Waals surface area (Å²) < 4.78 is 0. The van der Waals surface area contributed by atoms with Crippen LogP contribution in [0.15, 0.2) is 48.5 Å². The van der Waals surface area contributed by atoms with E-state index in [4.69, 9.17) is 11.6 Å². The fraction of sp³-hybridized carbons (Fsp3) is 0.235. The van der Waals surface area contributed by atoms with Gasteiger partial charge >= 0.3 is 0 Å². The molecule has 2 aromatic carbocycles. The smallest absolute Gasteiger partial charge is 0.226 e. The lowest BCUT2D eigenvalue weighted by Gasteiger charge is -2.27. The number of rotatable bonds is 3. The van der Waals surface area contributed by atoms with Gasteiger partial charge in [-0.15, -0.1) is 0 Å². The highest BCUT2D eigenvalue weighted by atomic mass is 35.5. The third-order valence-corrected chi connectivity index (χ3v) is 4.13. The Morgan fingerprint density at radius 1 is 1.18 bits per heavy atom. The van der Waals surface area contributed by atoms with Crippen LogP contribution in [0.1, 0.15) is 18.1 Å². The molecule has 22 heavy (non-hydrogen) atoms. The fourth-order valence-electron chi connectivity index (χ4n) is 2.67. The van der Waals surface area contributed by atoms with Gasteiger partial charge in [-0.25, -0.2) is 0 Å². The maximum atomic E-state index is 11.8. The molecule has 1 heterocycles. The van der Waals surface area contributed by atoms with E-state index in [1.54, 1.807) is 6.07 Å². The van der Waals surface area contributed by atoms with Gasteiger partial charge in [-0.1, -0.05) is 41.9 Å². The first-order chi connectivity index (χ1) is 10.6. The number of nitrogens with one attached hydrogen (secondary N) is 1. The zero-order valence-corrected chi connectivity index (χ0v) is 12.8.